The Morgan fingerprint density at radius 2 is 2.47 bits per heavy atom. The Morgan fingerprint density at radius 3 is 3.12 bits per heavy atom. The molecule has 4 nitrogen and oxygen atoms in total. The van der Waals surface area contributed by atoms with Crippen LogP contribution in [0.4, 0.5) is 5.69 Å². The summed E-state index contributed by atoms with van der Waals surface area (Å²) in [7, 11) is 0. The van der Waals surface area contributed by atoms with Crippen LogP contribution in [-0.4, -0.2) is 23.9 Å². The molecule has 6 heteroatoms. The van der Waals surface area contributed by atoms with Crippen LogP contribution >= 0.6 is 23.4 Å². The van der Waals surface area contributed by atoms with E-state index in [2.05, 4.69) is 10.3 Å². The van der Waals surface area contributed by atoms with Crippen LogP contribution in [-0.2, 0) is 0 Å². The van der Waals surface area contributed by atoms with Gasteiger partial charge in [0.2, 0.25) is 0 Å². The van der Waals surface area contributed by atoms with Crippen molar-refractivity contribution in [1.82, 2.24) is 5.32 Å². The Morgan fingerprint density at radius 1 is 1.65 bits per heavy atom. The van der Waals surface area contributed by atoms with Gasteiger partial charge in [-0.25, -0.2) is 4.99 Å². The number of ether oxygens (including phenoxy) is 1. The standard InChI is InChI=1S/C11H12ClN3OS/c1-17-11(14-8-13)15-9-3-2-4-10(7-9)16-6-5-12/h2-4,7H,5-6H2,1H3,(H,14,15). The van der Waals surface area contributed by atoms with Crippen LogP contribution in [0.1, 0.15) is 0 Å². The number of nitrogens with zero attached hydrogens (tertiary/aromatic N) is 2. The third kappa shape index (κ3) is 4.98. The molecule has 17 heavy (non-hydrogen) atoms. The second kappa shape index (κ2) is 7.82. The average Bonchev–Trinajstić information content (AvgIpc) is 2.36. The van der Waals surface area contributed by atoms with E-state index >= 15 is 0 Å². The highest BCUT2D eigenvalue weighted by Crippen LogP contribution is 2.20. The molecule has 0 aliphatic carbocycles. The number of halogens is 1. The maximum Gasteiger partial charge on any atom is 0.183 e. The van der Waals surface area contributed by atoms with E-state index < -0.39 is 0 Å². The minimum atomic E-state index is 0.444. The normalized spacial score (nSPS) is 10.8. The van der Waals surface area contributed by atoms with Gasteiger partial charge in [-0.1, -0.05) is 17.8 Å². The van der Waals surface area contributed by atoms with Crippen LogP contribution in [0, 0.1) is 11.5 Å². The minimum Gasteiger partial charge on any atom is -0.492 e. The van der Waals surface area contributed by atoms with Crippen molar-refractivity contribution in [2.75, 3.05) is 18.7 Å². The monoisotopic (exact) mass is 269 g/mol. The number of alkyl halides is 1. The lowest BCUT2D eigenvalue weighted by Crippen LogP contribution is -2.12. The second-order valence-corrected chi connectivity index (χ2v) is 4.07. The van der Waals surface area contributed by atoms with E-state index in [-0.39, 0.29) is 0 Å². The van der Waals surface area contributed by atoms with E-state index in [0.29, 0.717) is 23.4 Å². The van der Waals surface area contributed by atoms with Crippen molar-refractivity contribution in [3.8, 4) is 11.9 Å². The highest BCUT2D eigenvalue weighted by Gasteiger charge is 1.98. The van der Waals surface area contributed by atoms with Crippen molar-refractivity contribution in [1.29, 1.82) is 5.26 Å². The van der Waals surface area contributed by atoms with Crippen LogP contribution in [0.5, 0.6) is 5.75 Å². The first-order valence-corrected chi connectivity index (χ1v) is 6.62. The van der Waals surface area contributed by atoms with Crippen molar-refractivity contribution >= 4 is 34.2 Å². The van der Waals surface area contributed by atoms with Crippen LogP contribution < -0.4 is 10.1 Å². The number of aliphatic imine (C=N–C) groups is 1. The molecule has 1 N–H and O–H groups in total. The molecule has 0 radical (unpaired) electrons. The third-order valence-electron chi connectivity index (χ3n) is 1.75. The Labute approximate surface area is 110 Å². The maximum absolute atomic E-state index is 8.52. The highest BCUT2D eigenvalue weighted by atomic mass is 35.5. The van der Waals surface area contributed by atoms with E-state index in [1.807, 2.05) is 30.6 Å². The molecule has 0 amide bonds. The smallest absolute Gasteiger partial charge is 0.183 e. The maximum atomic E-state index is 8.52. The van der Waals surface area contributed by atoms with E-state index in [9.17, 15) is 0 Å². The summed E-state index contributed by atoms with van der Waals surface area (Å²) >= 11 is 6.90. The number of benzene rings is 1. The van der Waals surface area contributed by atoms with E-state index in [4.69, 9.17) is 21.6 Å². The van der Waals surface area contributed by atoms with Gasteiger partial charge in [-0.15, -0.1) is 11.6 Å². The van der Waals surface area contributed by atoms with Gasteiger partial charge in [0.05, 0.1) is 11.6 Å². The molecule has 1 aromatic carbocycles. The van der Waals surface area contributed by atoms with Gasteiger partial charge in [0.1, 0.15) is 12.4 Å². The first kappa shape index (κ1) is 13.7. The molecule has 90 valence electrons. The fourth-order valence-corrected chi connectivity index (χ4v) is 1.51. The Bertz CT molecular complexity index is 431. The topological polar surface area (TPSA) is 57.4 Å². The molecular weight excluding hydrogens is 258 g/mol. The zero-order valence-electron chi connectivity index (χ0n) is 9.31. The molecule has 0 atom stereocenters. The fourth-order valence-electron chi connectivity index (χ4n) is 1.09. The van der Waals surface area contributed by atoms with Crippen molar-refractivity contribution in [2.24, 2.45) is 4.99 Å². The van der Waals surface area contributed by atoms with Gasteiger partial charge in [-0.05, 0) is 18.4 Å². The first-order chi connectivity index (χ1) is 8.30. The molecule has 0 aliphatic heterocycles. The number of hydrogen-bond acceptors (Lipinski definition) is 4. The van der Waals surface area contributed by atoms with Crippen molar-refractivity contribution in [2.45, 2.75) is 0 Å². The summed E-state index contributed by atoms with van der Waals surface area (Å²) in [6.07, 6.45) is 3.68. The molecule has 0 unspecified atom stereocenters. The Kier molecular flexibility index (Phi) is 6.30. The van der Waals surface area contributed by atoms with Crippen molar-refractivity contribution in [3.05, 3.63) is 24.3 Å². The van der Waals surface area contributed by atoms with Crippen molar-refractivity contribution < 1.29 is 4.74 Å². The molecule has 0 spiro atoms. The number of hydrogen-bond donors (Lipinski definition) is 1. The molecule has 1 rings (SSSR count). The Balaban J connectivity index is 2.80. The van der Waals surface area contributed by atoms with Crippen molar-refractivity contribution in [3.63, 3.8) is 0 Å². The number of nitriles is 1. The number of amidine groups is 1. The summed E-state index contributed by atoms with van der Waals surface area (Å²) in [5.74, 6) is 1.16. The van der Waals surface area contributed by atoms with Gasteiger partial charge in [-0.3, -0.25) is 5.32 Å². The van der Waals surface area contributed by atoms with Gasteiger partial charge >= 0.3 is 0 Å². The summed E-state index contributed by atoms with van der Waals surface area (Å²) in [5.41, 5.74) is 0.726. The minimum absolute atomic E-state index is 0.444. The molecule has 0 saturated carbocycles. The zero-order chi connectivity index (χ0) is 12.5. The number of rotatable bonds is 4. The van der Waals surface area contributed by atoms with Crippen LogP contribution in [0.3, 0.4) is 0 Å². The Hall–Kier alpha value is -1.38. The number of thioether (sulfide) groups is 1. The molecule has 0 saturated heterocycles. The summed E-state index contributed by atoms with van der Waals surface area (Å²) in [4.78, 5) is 4.27. The lowest BCUT2D eigenvalue weighted by Gasteiger charge is -2.05. The quantitative estimate of drug-likeness (QED) is 0.300. The van der Waals surface area contributed by atoms with Crippen LogP contribution in [0.15, 0.2) is 29.3 Å². The predicted octanol–water partition coefficient (Wildman–Crippen LogP) is 2.73. The summed E-state index contributed by atoms with van der Waals surface area (Å²) < 4.78 is 5.38. The fraction of sp³-hybridized carbons (Fsp3) is 0.273. The van der Waals surface area contributed by atoms with E-state index in [0.717, 1.165) is 5.69 Å². The summed E-state index contributed by atoms with van der Waals surface area (Å²) in [6.45, 7) is 0.459. The molecule has 0 aromatic heterocycles. The molecule has 0 bridgehead atoms. The highest BCUT2D eigenvalue weighted by molar-refractivity contribution is 8.13. The van der Waals surface area contributed by atoms with Gasteiger partial charge < -0.3 is 4.74 Å². The average molecular weight is 270 g/mol. The molecular formula is C11H12ClN3OS. The lowest BCUT2D eigenvalue weighted by molar-refractivity contribution is 0.343. The molecule has 0 heterocycles. The second-order valence-electron chi connectivity index (χ2n) is 2.89. The van der Waals surface area contributed by atoms with E-state index in [1.165, 1.54) is 11.8 Å². The number of nitrogens with one attached hydrogen (secondary N) is 1. The lowest BCUT2D eigenvalue weighted by atomic mass is 10.3. The summed E-state index contributed by atoms with van der Waals surface area (Å²) in [6, 6.07) is 7.30. The SMILES string of the molecule is CSC(=Nc1cccc(OCCCl)c1)NC#N. The van der Waals surface area contributed by atoms with Crippen LogP contribution in [0.25, 0.3) is 0 Å². The van der Waals surface area contributed by atoms with Gasteiger partial charge in [0, 0.05) is 6.07 Å². The summed E-state index contributed by atoms with van der Waals surface area (Å²) in [5, 5.41) is 11.6. The molecule has 0 fully saturated rings. The third-order valence-corrected chi connectivity index (χ3v) is 2.48. The first-order valence-electron chi connectivity index (χ1n) is 4.86. The molecule has 1 aromatic rings. The van der Waals surface area contributed by atoms with Gasteiger partial charge in [0.15, 0.2) is 11.4 Å². The zero-order valence-corrected chi connectivity index (χ0v) is 10.9. The van der Waals surface area contributed by atoms with Crippen LogP contribution in [0.2, 0.25) is 0 Å². The van der Waals surface area contributed by atoms with E-state index in [1.54, 1.807) is 6.07 Å². The molecule has 0 aliphatic rings. The van der Waals surface area contributed by atoms with Gasteiger partial charge in [-0.2, -0.15) is 5.26 Å². The largest absolute Gasteiger partial charge is 0.492 e. The van der Waals surface area contributed by atoms with Gasteiger partial charge in [0.25, 0.3) is 0 Å². The predicted molar refractivity (Wildman–Crippen MR) is 72.0 cm³/mol.